The standard InChI is InChI=1S/C25H19ClN2O4S/c1-12-9-13(2)20-18(10-12)33-25(27-20)28-21(15-5-4-6-16(26)11-15)19(23(30)24(28)31)22(29)17-8-7-14(3)32-17/h4-11,21,30H,1-3H3/t21-/m0/s1. The Morgan fingerprint density at radius 1 is 1.15 bits per heavy atom. The minimum atomic E-state index is -0.906. The highest BCUT2D eigenvalue weighted by molar-refractivity contribution is 7.22. The maximum atomic E-state index is 13.4. The number of hydrogen-bond donors (Lipinski definition) is 1. The second-order valence-corrected chi connectivity index (χ2v) is 9.50. The number of aliphatic hydroxyl groups excluding tert-OH is 1. The molecule has 1 aliphatic rings. The summed E-state index contributed by atoms with van der Waals surface area (Å²) in [6.45, 7) is 5.68. The molecule has 2 aromatic carbocycles. The highest BCUT2D eigenvalue weighted by Gasteiger charge is 2.46. The van der Waals surface area contributed by atoms with Crippen molar-refractivity contribution in [1.82, 2.24) is 4.98 Å². The Bertz CT molecular complexity index is 1480. The molecule has 33 heavy (non-hydrogen) atoms. The molecule has 1 aliphatic heterocycles. The van der Waals surface area contributed by atoms with Crippen LogP contribution in [0.2, 0.25) is 5.02 Å². The van der Waals surface area contributed by atoms with Gasteiger partial charge in [-0.3, -0.25) is 14.5 Å². The number of ketones is 1. The summed E-state index contributed by atoms with van der Waals surface area (Å²) in [5.41, 5.74) is 3.36. The molecule has 1 atom stereocenters. The van der Waals surface area contributed by atoms with E-state index in [0.717, 1.165) is 21.3 Å². The maximum absolute atomic E-state index is 13.4. The molecule has 166 valence electrons. The van der Waals surface area contributed by atoms with Crippen LogP contribution in [0.15, 0.2) is 64.3 Å². The molecular weight excluding hydrogens is 460 g/mol. The van der Waals surface area contributed by atoms with E-state index in [-0.39, 0.29) is 11.3 Å². The monoisotopic (exact) mass is 478 g/mol. The van der Waals surface area contributed by atoms with Gasteiger partial charge in [-0.25, -0.2) is 4.98 Å². The summed E-state index contributed by atoms with van der Waals surface area (Å²) in [4.78, 5) is 32.8. The molecule has 4 aromatic rings. The van der Waals surface area contributed by atoms with Crippen molar-refractivity contribution in [3.8, 4) is 0 Å². The second-order valence-electron chi connectivity index (χ2n) is 8.06. The summed E-state index contributed by atoms with van der Waals surface area (Å²) in [6.07, 6.45) is 0. The number of fused-ring (bicyclic) bond motifs is 1. The predicted molar refractivity (Wildman–Crippen MR) is 128 cm³/mol. The Hall–Kier alpha value is -3.42. The van der Waals surface area contributed by atoms with Gasteiger partial charge in [0.15, 0.2) is 16.7 Å². The van der Waals surface area contributed by atoms with E-state index in [1.165, 1.54) is 22.3 Å². The van der Waals surface area contributed by atoms with Gasteiger partial charge < -0.3 is 9.52 Å². The quantitative estimate of drug-likeness (QED) is 0.350. The number of Topliss-reactive ketones (excluding diaryl/α,β-unsaturated/α-hetero) is 1. The molecule has 1 N–H and O–H groups in total. The first-order valence-corrected chi connectivity index (χ1v) is 11.4. The molecule has 8 heteroatoms. The minimum absolute atomic E-state index is 0.0477. The van der Waals surface area contributed by atoms with Crippen LogP contribution in [0.3, 0.4) is 0 Å². The lowest BCUT2D eigenvalue weighted by Crippen LogP contribution is -2.31. The Labute approximate surface area is 198 Å². The number of amides is 1. The number of thiazole rings is 1. The SMILES string of the molecule is Cc1cc(C)c2nc(N3C(=O)C(O)=C(C(=O)c4ccc(C)o4)[C@@H]3c3cccc(Cl)c3)sc2c1. The normalized spacial score (nSPS) is 16.3. The first-order valence-electron chi connectivity index (χ1n) is 10.3. The first kappa shape index (κ1) is 21.4. The van der Waals surface area contributed by atoms with Crippen LogP contribution in [0, 0.1) is 20.8 Å². The van der Waals surface area contributed by atoms with E-state index in [1.54, 1.807) is 37.3 Å². The molecule has 6 nitrogen and oxygen atoms in total. The average Bonchev–Trinajstić information content (AvgIpc) is 3.44. The lowest BCUT2D eigenvalue weighted by Gasteiger charge is -2.24. The molecule has 0 radical (unpaired) electrons. The number of halogens is 1. The zero-order valence-electron chi connectivity index (χ0n) is 18.0. The van der Waals surface area contributed by atoms with Gasteiger partial charge in [0.25, 0.3) is 5.91 Å². The van der Waals surface area contributed by atoms with E-state index in [1.807, 2.05) is 26.0 Å². The van der Waals surface area contributed by atoms with E-state index in [0.29, 0.717) is 21.5 Å². The van der Waals surface area contributed by atoms with Gasteiger partial charge in [0.2, 0.25) is 5.78 Å². The number of aryl methyl sites for hydroxylation is 3. The molecule has 0 bridgehead atoms. The van der Waals surface area contributed by atoms with Gasteiger partial charge in [-0.2, -0.15) is 0 Å². The fraction of sp³-hybridized carbons (Fsp3) is 0.160. The number of hydrogen-bond acceptors (Lipinski definition) is 6. The summed E-state index contributed by atoms with van der Waals surface area (Å²) in [6, 6.07) is 13.2. The fourth-order valence-corrected chi connectivity index (χ4v) is 5.54. The Morgan fingerprint density at radius 2 is 1.94 bits per heavy atom. The van der Waals surface area contributed by atoms with Crippen LogP contribution in [0.1, 0.15) is 39.0 Å². The maximum Gasteiger partial charge on any atom is 0.296 e. The van der Waals surface area contributed by atoms with Crippen LogP contribution in [0.5, 0.6) is 0 Å². The van der Waals surface area contributed by atoms with Crippen LogP contribution in [-0.4, -0.2) is 21.8 Å². The van der Waals surface area contributed by atoms with Gasteiger partial charge >= 0.3 is 0 Å². The molecule has 0 unspecified atom stereocenters. The van der Waals surface area contributed by atoms with Crippen molar-refractivity contribution >= 4 is 50.0 Å². The van der Waals surface area contributed by atoms with Crippen molar-refractivity contribution in [1.29, 1.82) is 0 Å². The Morgan fingerprint density at radius 3 is 2.64 bits per heavy atom. The molecule has 3 heterocycles. The van der Waals surface area contributed by atoms with E-state index in [2.05, 4.69) is 0 Å². The lowest BCUT2D eigenvalue weighted by molar-refractivity contribution is -0.117. The second kappa shape index (κ2) is 7.86. The molecule has 0 spiro atoms. The van der Waals surface area contributed by atoms with Gasteiger partial charge in [0.05, 0.1) is 21.8 Å². The largest absolute Gasteiger partial charge is 0.503 e. The van der Waals surface area contributed by atoms with Crippen molar-refractivity contribution in [2.45, 2.75) is 26.8 Å². The number of aromatic nitrogens is 1. The number of carbonyl (C=O) groups excluding carboxylic acids is 2. The third-order valence-corrected chi connectivity index (χ3v) is 6.84. The van der Waals surface area contributed by atoms with Crippen LogP contribution in [-0.2, 0) is 4.79 Å². The average molecular weight is 479 g/mol. The van der Waals surface area contributed by atoms with Crippen molar-refractivity contribution in [3.63, 3.8) is 0 Å². The summed E-state index contributed by atoms with van der Waals surface area (Å²) in [7, 11) is 0. The molecule has 0 aliphatic carbocycles. The number of aliphatic hydroxyl groups is 1. The smallest absolute Gasteiger partial charge is 0.296 e. The van der Waals surface area contributed by atoms with Crippen LogP contribution < -0.4 is 4.90 Å². The topological polar surface area (TPSA) is 83.6 Å². The van der Waals surface area contributed by atoms with Gasteiger partial charge in [0.1, 0.15) is 5.76 Å². The number of rotatable bonds is 4. The predicted octanol–water partition coefficient (Wildman–Crippen LogP) is 6.25. The van der Waals surface area contributed by atoms with Gasteiger partial charge in [-0.15, -0.1) is 0 Å². The zero-order valence-corrected chi connectivity index (χ0v) is 19.6. The Kier molecular flexibility index (Phi) is 5.11. The summed E-state index contributed by atoms with van der Waals surface area (Å²) in [5, 5.41) is 11.7. The molecule has 0 saturated heterocycles. The van der Waals surface area contributed by atoms with Crippen molar-refractivity contribution in [2.24, 2.45) is 0 Å². The van der Waals surface area contributed by atoms with Gasteiger partial charge in [0, 0.05) is 5.02 Å². The van der Waals surface area contributed by atoms with Crippen molar-refractivity contribution in [3.05, 3.63) is 93.1 Å². The number of nitrogens with zero attached hydrogens (tertiary/aromatic N) is 2. The van der Waals surface area contributed by atoms with Crippen molar-refractivity contribution < 1.29 is 19.1 Å². The summed E-state index contributed by atoms with van der Waals surface area (Å²) >= 11 is 7.57. The fourth-order valence-electron chi connectivity index (χ4n) is 4.18. The highest BCUT2D eigenvalue weighted by atomic mass is 35.5. The first-order chi connectivity index (χ1) is 15.7. The zero-order chi connectivity index (χ0) is 23.4. The van der Waals surface area contributed by atoms with E-state index in [4.69, 9.17) is 21.0 Å². The van der Waals surface area contributed by atoms with E-state index < -0.39 is 23.5 Å². The van der Waals surface area contributed by atoms with Gasteiger partial charge in [-0.1, -0.05) is 41.1 Å². The van der Waals surface area contributed by atoms with Crippen LogP contribution in [0.4, 0.5) is 5.13 Å². The molecule has 0 fully saturated rings. The van der Waals surface area contributed by atoms with Crippen LogP contribution in [0.25, 0.3) is 10.2 Å². The molecule has 5 rings (SSSR count). The van der Waals surface area contributed by atoms with E-state index >= 15 is 0 Å². The van der Waals surface area contributed by atoms with Crippen LogP contribution >= 0.6 is 22.9 Å². The molecule has 1 amide bonds. The number of furan rings is 1. The minimum Gasteiger partial charge on any atom is -0.503 e. The molecule has 0 saturated carbocycles. The van der Waals surface area contributed by atoms with E-state index in [9.17, 15) is 14.7 Å². The lowest BCUT2D eigenvalue weighted by atomic mass is 9.95. The third-order valence-electron chi connectivity index (χ3n) is 5.61. The number of carbonyl (C=O) groups is 2. The number of benzene rings is 2. The van der Waals surface area contributed by atoms with Gasteiger partial charge in [-0.05, 0) is 67.8 Å². The highest BCUT2D eigenvalue weighted by Crippen LogP contribution is 2.45. The summed E-state index contributed by atoms with van der Waals surface area (Å²) < 4.78 is 6.42. The Balaban J connectivity index is 1.70. The molecular formula is C25H19ClN2O4S. The summed E-state index contributed by atoms with van der Waals surface area (Å²) in [5.74, 6) is -1.27. The molecule has 2 aromatic heterocycles. The number of anilines is 1. The third kappa shape index (κ3) is 3.53. The van der Waals surface area contributed by atoms with Crippen molar-refractivity contribution in [2.75, 3.05) is 4.90 Å².